The number of carbonyl (C=O) groups excluding carboxylic acids is 2. The maximum atomic E-state index is 13.2. The smallest absolute Gasteiger partial charge is 0.253 e. The van der Waals surface area contributed by atoms with Gasteiger partial charge in [0.1, 0.15) is 18.3 Å². The lowest BCUT2D eigenvalue weighted by atomic mass is 10.1. The zero-order chi connectivity index (χ0) is 24.4. The summed E-state index contributed by atoms with van der Waals surface area (Å²) in [6, 6.07) is 7.16. The van der Waals surface area contributed by atoms with Gasteiger partial charge in [0.2, 0.25) is 5.91 Å². The van der Waals surface area contributed by atoms with Crippen LogP contribution >= 0.6 is 0 Å². The predicted octanol–water partition coefficient (Wildman–Crippen LogP) is 0.355. The molecule has 0 bridgehead atoms. The van der Waals surface area contributed by atoms with Gasteiger partial charge in [-0.15, -0.1) is 0 Å². The van der Waals surface area contributed by atoms with Gasteiger partial charge in [0.15, 0.2) is 0 Å². The van der Waals surface area contributed by atoms with Crippen molar-refractivity contribution in [1.29, 1.82) is 0 Å². The molecule has 33 heavy (non-hydrogen) atoms. The molecule has 1 fully saturated rings. The molecule has 186 valence electrons. The summed E-state index contributed by atoms with van der Waals surface area (Å²) in [5.41, 5.74) is 7.13. The fourth-order valence-corrected chi connectivity index (χ4v) is 3.72. The minimum atomic E-state index is -1.44. The number of rotatable bonds is 4. The largest absolute Gasteiger partial charge is 0.388 e. The van der Waals surface area contributed by atoms with Crippen LogP contribution in [0.3, 0.4) is 0 Å². The summed E-state index contributed by atoms with van der Waals surface area (Å²) in [5, 5.41) is 30.8. The van der Waals surface area contributed by atoms with Gasteiger partial charge in [-0.05, 0) is 36.5 Å². The van der Waals surface area contributed by atoms with E-state index in [1.807, 2.05) is 26.0 Å². The van der Waals surface area contributed by atoms with E-state index in [0.717, 1.165) is 5.56 Å². The third kappa shape index (κ3) is 8.68. The van der Waals surface area contributed by atoms with Gasteiger partial charge in [-0.3, -0.25) is 9.59 Å². The molecule has 2 rings (SSSR count). The molecule has 0 unspecified atom stereocenters. The molecule has 1 aromatic carbocycles. The highest BCUT2D eigenvalue weighted by atomic mass is 16.5. The summed E-state index contributed by atoms with van der Waals surface area (Å²) >= 11 is 0. The Morgan fingerprint density at radius 1 is 1.03 bits per heavy atom. The maximum Gasteiger partial charge on any atom is 0.253 e. The van der Waals surface area contributed by atoms with E-state index in [-0.39, 0.29) is 50.4 Å². The van der Waals surface area contributed by atoms with E-state index in [1.54, 1.807) is 17.0 Å². The molecular formula is C24H39N3O6. The molecule has 1 saturated heterocycles. The summed E-state index contributed by atoms with van der Waals surface area (Å²) in [7, 11) is 0. The van der Waals surface area contributed by atoms with Crippen LogP contribution in [0.15, 0.2) is 24.3 Å². The molecule has 0 saturated carbocycles. The lowest BCUT2D eigenvalue weighted by molar-refractivity contribution is -0.137. The molecule has 1 aromatic rings. The van der Waals surface area contributed by atoms with Gasteiger partial charge in [0, 0.05) is 51.3 Å². The Morgan fingerprint density at radius 3 is 2.33 bits per heavy atom. The second kappa shape index (κ2) is 13.6. The third-order valence-corrected chi connectivity index (χ3v) is 5.75. The lowest BCUT2D eigenvalue weighted by Gasteiger charge is -2.32. The van der Waals surface area contributed by atoms with Crippen LogP contribution in [0.1, 0.15) is 49.0 Å². The number of hydrogen-bond donors (Lipinski definition) is 4. The molecule has 1 heterocycles. The molecule has 2 amide bonds. The van der Waals surface area contributed by atoms with Crippen LogP contribution in [0.5, 0.6) is 0 Å². The van der Waals surface area contributed by atoms with Crippen molar-refractivity contribution in [2.45, 2.75) is 58.0 Å². The maximum absolute atomic E-state index is 13.2. The second-order valence-corrected chi connectivity index (χ2v) is 9.04. The van der Waals surface area contributed by atoms with E-state index < -0.39 is 18.3 Å². The van der Waals surface area contributed by atoms with E-state index in [4.69, 9.17) is 10.5 Å². The van der Waals surface area contributed by atoms with Crippen LogP contribution in [0.2, 0.25) is 0 Å². The minimum absolute atomic E-state index is 0.116. The Hall–Kier alpha value is -2.04. The van der Waals surface area contributed by atoms with Crippen LogP contribution in [0.4, 0.5) is 0 Å². The normalized spacial score (nSPS) is 23.9. The van der Waals surface area contributed by atoms with Crippen LogP contribution in [0, 0.1) is 5.92 Å². The first-order chi connectivity index (χ1) is 15.7. The molecule has 0 aromatic heterocycles. The standard InChI is InChI=1S/C24H39N3O6/c1-17(2)13-22(30)27-11-10-26(24(32)19-7-5-18(14-25)6-8-19)9-3-4-12-33-16-21(29)23(31)20(28)15-27/h5-8,17,20-21,23,28-29,31H,3-4,9-16,25H2,1-2H3/t20-,21+,23+/m0/s1. The Kier molecular flexibility index (Phi) is 11.2. The number of ether oxygens (including phenoxy) is 1. The number of amides is 2. The topological polar surface area (TPSA) is 137 Å². The van der Waals surface area contributed by atoms with Crippen LogP contribution in [-0.2, 0) is 16.1 Å². The van der Waals surface area contributed by atoms with E-state index >= 15 is 0 Å². The third-order valence-electron chi connectivity index (χ3n) is 5.75. The molecule has 0 radical (unpaired) electrons. The van der Waals surface area contributed by atoms with Gasteiger partial charge in [-0.2, -0.15) is 0 Å². The van der Waals surface area contributed by atoms with E-state index in [1.165, 1.54) is 4.90 Å². The zero-order valence-electron chi connectivity index (χ0n) is 19.7. The molecular weight excluding hydrogens is 426 g/mol. The Morgan fingerprint density at radius 2 is 1.70 bits per heavy atom. The number of nitrogens with two attached hydrogens (primary N) is 1. The first-order valence-corrected chi connectivity index (χ1v) is 11.7. The monoisotopic (exact) mass is 465 g/mol. The highest BCUT2D eigenvalue weighted by Crippen LogP contribution is 2.13. The molecule has 1 aliphatic rings. The molecule has 9 nitrogen and oxygen atoms in total. The van der Waals surface area contributed by atoms with E-state index in [0.29, 0.717) is 38.1 Å². The number of nitrogens with zero attached hydrogens (tertiary/aromatic N) is 2. The number of carbonyl (C=O) groups is 2. The van der Waals surface area contributed by atoms with E-state index in [9.17, 15) is 24.9 Å². The van der Waals surface area contributed by atoms with Crippen molar-refractivity contribution in [3.8, 4) is 0 Å². The average Bonchev–Trinajstić information content (AvgIpc) is 2.79. The number of aliphatic hydroxyl groups is 3. The number of benzene rings is 1. The summed E-state index contributed by atoms with van der Waals surface area (Å²) in [6.45, 7) is 5.35. The highest BCUT2D eigenvalue weighted by molar-refractivity contribution is 5.94. The fraction of sp³-hybridized carbons (Fsp3) is 0.667. The fourth-order valence-electron chi connectivity index (χ4n) is 3.72. The van der Waals surface area contributed by atoms with Crippen molar-refractivity contribution in [2.24, 2.45) is 11.7 Å². The Balaban J connectivity index is 2.21. The van der Waals surface area contributed by atoms with Crippen molar-refractivity contribution in [1.82, 2.24) is 9.80 Å². The van der Waals surface area contributed by atoms with Gasteiger partial charge in [0.05, 0.1) is 6.61 Å². The Bertz CT molecular complexity index is 742. The van der Waals surface area contributed by atoms with Crippen molar-refractivity contribution < 1.29 is 29.6 Å². The average molecular weight is 466 g/mol. The molecule has 9 heteroatoms. The number of aliphatic hydroxyl groups excluding tert-OH is 3. The van der Waals surface area contributed by atoms with Gasteiger partial charge >= 0.3 is 0 Å². The predicted molar refractivity (Wildman–Crippen MR) is 124 cm³/mol. The van der Waals surface area contributed by atoms with Gasteiger partial charge in [-0.25, -0.2) is 0 Å². The number of β-amino-alcohol motifs (C(OH)–C–C–N with tert-alkyl or cyclic N) is 1. The molecule has 5 N–H and O–H groups in total. The van der Waals surface area contributed by atoms with Crippen molar-refractivity contribution in [2.75, 3.05) is 39.4 Å². The summed E-state index contributed by atoms with van der Waals surface area (Å²) in [5.74, 6) is -0.196. The van der Waals surface area contributed by atoms with Crippen LogP contribution in [-0.4, -0.2) is 94.6 Å². The SMILES string of the molecule is CC(C)CC(=O)N1CCN(C(=O)c2ccc(CN)cc2)CCCCOC[C@@H](O)[C@H](O)[C@@H](O)C1. The first-order valence-electron chi connectivity index (χ1n) is 11.7. The highest BCUT2D eigenvalue weighted by Gasteiger charge is 2.29. The molecule has 3 atom stereocenters. The van der Waals surface area contributed by atoms with Crippen LogP contribution < -0.4 is 5.73 Å². The summed E-state index contributed by atoms with van der Waals surface area (Å²) in [4.78, 5) is 29.2. The Labute approximate surface area is 196 Å². The zero-order valence-corrected chi connectivity index (χ0v) is 19.7. The van der Waals surface area contributed by atoms with Crippen LogP contribution in [0.25, 0.3) is 0 Å². The van der Waals surface area contributed by atoms with Crippen molar-refractivity contribution in [3.05, 3.63) is 35.4 Å². The number of hydrogen-bond acceptors (Lipinski definition) is 7. The quantitative estimate of drug-likeness (QED) is 0.504. The molecule has 1 aliphatic heterocycles. The first kappa shape index (κ1) is 27.2. The summed E-state index contributed by atoms with van der Waals surface area (Å²) < 4.78 is 5.43. The second-order valence-electron chi connectivity index (χ2n) is 9.04. The van der Waals surface area contributed by atoms with Crippen molar-refractivity contribution >= 4 is 11.8 Å². The van der Waals surface area contributed by atoms with E-state index in [2.05, 4.69) is 0 Å². The van der Waals surface area contributed by atoms with Crippen molar-refractivity contribution in [3.63, 3.8) is 0 Å². The minimum Gasteiger partial charge on any atom is -0.388 e. The lowest BCUT2D eigenvalue weighted by Crippen LogP contribution is -2.50. The van der Waals surface area contributed by atoms with Gasteiger partial charge in [-0.1, -0.05) is 26.0 Å². The van der Waals surface area contributed by atoms with Gasteiger partial charge < -0.3 is 35.6 Å². The molecule has 0 aliphatic carbocycles. The molecule has 0 spiro atoms. The van der Waals surface area contributed by atoms with Gasteiger partial charge in [0.25, 0.3) is 5.91 Å². The summed E-state index contributed by atoms with van der Waals surface area (Å²) in [6.07, 6.45) is -2.40.